The maximum absolute atomic E-state index is 14.0. The smallest absolute Gasteiger partial charge is 0.146 e. The molecule has 0 saturated carbocycles. The van der Waals surface area contributed by atoms with Gasteiger partial charge in [-0.3, -0.25) is 0 Å². The molecule has 0 aliphatic carbocycles. The molecular weight excluding hydrogens is 231 g/mol. The minimum absolute atomic E-state index is 0.0555. The molecule has 1 atom stereocenters. The van der Waals surface area contributed by atoms with E-state index in [2.05, 4.69) is 5.32 Å². The van der Waals surface area contributed by atoms with Crippen LogP contribution in [0, 0.1) is 5.82 Å². The van der Waals surface area contributed by atoms with Crippen molar-refractivity contribution in [2.75, 3.05) is 25.5 Å². The minimum atomic E-state index is -0.864. The van der Waals surface area contributed by atoms with Gasteiger partial charge in [-0.15, -0.1) is 0 Å². The average molecular weight is 254 g/mol. The summed E-state index contributed by atoms with van der Waals surface area (Å²) < 4.78 is 14.0. The molecule has 0 saturated heterocycles. The van der Waals surface area contributed by atoms with Crippen LogP contribution in [0.2, 0.25) is 0 Å². The minimum Gasteiger partial charge on any atom is -0.389 e. The fourth-order valence-electron chi connectivity index (χ4n) is 2.10. The first kappa shape index (κ1) is 14.9. The van der Waals surface area contributed by atoms with Gasteiger partial charge in [0.25, 0.3) is 0 Å². The molecule has 0 fully saturated rings. The first-order chi connectivity index (χ1) is 8.26. The van der Waals surface area contributed by atoms with E-state index in [4.69, 9.17) is 0 Å². The first-order valence-electron chi connectivity index (χ1n) is 6.15. The zero-order chi connectivity index (χ0) is 13.9. The molecular formula is C14H23FN2O. The van der Waals surface area contributed by atoms with E-state index in [-0.39, 0.29) is 11.9 Å². The van der Waals surface area contributed by atoms with Crippen LogP contribution in [0.15, 0.2) is 18.2 Å². The van der Waals surface area contributed by atoms with Crippen molar-refractivity contribution in [3.8, 4) is 0 Å². The molecule has 4 heteroatoms. The summed E-state index contributed by atoms with van der Waals surface area (Å²) >= 11 is 0. The van der Waals surface area contributed by atoms with Crippen molar-refractivity contribution in [2.24, 2.45) is 0 Å². The first-order valence-corrected chi connectivity index (χ1v) is 6.15. The molecule has 0 aliphatic heterocycles. The number of hydrogen-bond donors (Lipinski definition) is 2. The zero-order valence-corrected chi connectivity index (χ0v) is 11.8. The van der Waals surface area contributed by atoms with E-state index in [0.717, 1.165) is 5.56 Å². The van der Waals surface area contributed by atoms with Crippen LogP contribution in [0.25, 0.3) is 0 Å². The highest BCUT2D eigenvalue weighted by Gasteiger charge is 2.21. The van der Waals surface area contributed by atoms with Crippen LogP contribution in [-0.2, 0) is 0 Å². The third-order valence-corrected chi connectivity index (χ3v) is 2.92. The Hall–Kier alpha value is -1.13. The number of halogens is 1. The number of nitrogens with one attached hydrogen (secondary N) is 1. The van der Waals surface area contributed by atoms with E-state index in [9.17, 15) is 9.50 Å². The van der Waals surface area contributed by atoms with Gasteiger partial charge in [-0.1, -0.05) is 12.1 Å². The van der Waals surface area contributed by atoms with Gasteiger partial charge in [0.1, 0.15) is 5.82 Å². The van der Waals surface area contributed by atoms with Gasteiger partial charge in [-0.25, -0.2) is 4.39 Å². The molecule has 2 N–H and O–H groups in total. The summed E-state index contributed by atoms with van der Waals surface area (Å²) in [5.74, 6) is -0.263. The Morgan fingerprint density at radius 3 is 2.56 bits per heavy atom. The summed E-state index contributed by atoms with van der Waals surface area (Å²) in [6.07, 6.45) is 0. The third-order valence-electron chi connectivity index (χ3n) is 2.92. The van der Waals surface area contributed by atoms with Gasteiger partial charge < -0.3 is 15.3 Å². The second-order valence-corrected chi connectivity index (χ2v) is 5.36. The molecule has 1 aromatic carbocycles. The lowest BCUT2D eigenvalue weighted by molar-refractivity contribution is 0.0884. The number of nitrogens with zero attached hydrogens (tertiary/aromatic N) is 1. The molecule has 1 rings (SSSR count). The van der Waals surface area contributed by atoms with Gasteiger partial charge >= 0.3 is 0 Å². The Bertz CT molecular complexity index is 401. The zero-order valence-electron chi connectivity index (χ0n) is 11.8. The summed E-state index contributed by atoms with van der Waals surface area (Å²) in [7, 11) is 3.64. The molecule has 0 amide bonds. The molecule has 0 bridgehead atoms. The van der Waals surface area contributed by atoms with Crippen LogP contribution >= 0.6 is 0 Å². The van der Waals surface area contributed by atoms with Crippen molar-refractivity contribution in [1.29, 1.82) is 0 Å². The van der Waals surface area contributed by atoms with E-state index < -0.39 is 5.60 Å². The lowest BCUT2D eigenvalue weighted by Gasteiger charge is -2.30. The summed E-state index contributed by atoms with van der Waals surface area (Å²) in [6, 6.07) is 5.11. The molecule has 0 aliphatic rings. The largest absolute Gasteiger partial charge is 0.389 e. The number of aliphatic hydroxyl groups is 1. The van der Waals surface area contributed by atoms with Crippen molar-refractivity contribution < 1.29 is 9.50 Å². The number of likely N-dealkylation sites (N-methyl/N-ethyl adjacent to an activating group) is 1. The maximum atomic E-state index is 14.0. The highest BCUT2D eigenvalue weighted by atomic mass is 19.1. The molecule has 0 heterocycles. The number of hydrogen-bond acceptors (Lipinski definition) is 3. The van der Waals surface area contributed by atoms with Crippen LogP contribution in [0.3, 0.4) is 0 Å². The number of rotatable bonds is 5. The van der Waals surface area contributed by atoms with Gasteiger partial charge in [-0.05, 0) is 39.4 Å². The molecule has 1 aromatic rings. The number of anilines is 1. The van der Waals surface area contributed by atoms with E-state index in [1.54, 1.807) is 31.9 Å². The predicted octanol–water partition coefficient (Wildman–Crippen LogP) is 2.31. The quantitative estimate of drug-likeness (QED) is 0.846. The van der Waals surface area contributed by atoms with Crippen LogP contribution in [0.5, 0.6) is 0 Å². The van der Waals surface area contributed by atoms with Crippen LogP contribution in [0.1, 0.15) is 32.4 Å². The van der Waals surface area contributed by atoms with Crippen molar-refractivity contribution in [3.63, 3.8) is 0 Å². The van der Waals surface area contributed by atoms with E-state index in [1.807, 2.05) is 20.0 Å². The fourth-order valence-corrected chi connectivity index (χ4v) is 2.10. The van der Waals surface area contributed by atoms with Gasteiger partial charge in [0.05, 0.1) is 11.3 Å². The Balaban J connectivity index is 3.13. The molecule has 0 radical (unpaired) electrons. The third kappa shape index (κ3) is 3.68. The Kier molecular flexibility index (Phi) is 4.71. The fraction of sp³-hybridized carbons (Fsp3) is 0.571. The molecule has 0 aromatic heterocycles. The van der Waals surface area contributed by atoms with Crippen molar-refractivity contribution >= 4 is 5.69 Å². The van der Waals surface area contributed by atoms with Gasteiger partial charge in [0.2, 0.25) is 0 Å². The maximum Gasteiger partial charge on any atom is 0.146 e. The summed E-state index contributed by atoms with van der Waals surface area (Å²) in [5, 5.41) is 13.0. The number of para-hydroxylation sites is 1. The topological polar surface area (TPSA) is 35.5 Å². The van der Waals surface area contributed by atoms with Crippen LogP contribution in [-0.4, -0.2) is 31.3 Å². The van der Waals surface area contributed by atoms with E-state index in [1.165, 1.54) is 6.07 Å². The second-order valence-electron chi connectivity index (χ2n) is 5.36. The Labute approximate surface area is 109 Å². The van der Waals surface area contributed by atoms with Crippen LogP contribution in [0.4, 0.5) is 10.1 Å². The van der Waals surface area contributed by atoms with Crippen molar-refractivity contribution in [2.45, 2.75) is 32.4 Å². The average Bonchev–Trinajstić information content (AvgIpc) is 2.25. The Morgan fingerprint density at radius 1 is 1.44 bits per heavy atom. The summed E-state index contributed by atoms with van der Waals surface area (Å²) in [5.41, 5.74) is 0.572. The van der Waals surface area contributed by atoms with Crippen molar-refractivity contribution in [3.05, 3.63) is 29.6 Å². The van der Waals surface area contributed by atoms with Gasteiger partial charge in [0, 0.05) is 19.6 Å². The molecule has 3 nitrogen and oxygen atoms in total. The SMILES string of the molecule is CNC(C)c1cccc(F)c1N(C)CC(C)(C)O. The molecule has 18 heavy (non-hydrogen) atoms. The predicted molar refractivity (Wildman–Crippen MR) is 73.4 cm³/mol. The summed E-state index contributed by atoms with van der Waals surface area (Å²) in [6.45, 7) is 5.78. The summed E-state index contributed by atoms with van der Waals surface area (Å²) in [4.78, 5) is 1.76. The van der Waals surface area contributed by atoms with Crippen LogP contribution < -0.4 is 10.2 Å². The highest BCUT2D eigenvalue weighted by Crippen LogP contribution is 2.29. The second kappa shape index (κ2) is 5.67. The highest BCUT2D eigenvalue weighted by molar-refractivity contribution is 5.55. The number of benzene rings is 1. The standard InChI is InChI=1S/C14H23FN2O/c1-10(16-4)11-7-6-8-12(15)13(11)17(5)9-14(2,3)18/h6-8,10,16,18H,9H2,1-5H3. The lowest BCUT2D eigenvalue weighted by Crippen LogP contribution is -2.37. The molecule has 102 valence electrons. The van der Waals surface area contributed by atoms with E-state index >= 15 is 0 Å². The van der Waals surface area contributed by atoms with Gasteiger partial charge in [0.15, 0.2) is 0 Å². The van der Waals surface area contributed by atoms with E-state index in [0.29, 0.717) is 12.2 Å². The molecule has 0 spiro atoms. The Morgan fingerprint density at radius 2 is 2.06 bits per heavy atom. The van der Waals surface area contributed by atoms with Crippen molar-refractivity contribution in [1.82, 2.24) is 5.32 Å². The normalized spacial score (nSPS) is 13.5. The monoisotopic (exact) mass is 254 g/mol. The molecule has 1 unspecified atom stereocenters. The lowest BCUT2D eigenvalue weighted by atomic mass is 10.0. The van der Waals surface area contributed by atoms with Gasteiger partial charge in [-0.2, -0.15) is 0 Å².